The molecule has 1 aliphatic heterocycles. The molecule has 2 amide bonds. The maximum Gasteiger partial charge on any atom is 0.416 e. The predicted octanol–water partition coefficient (Wildman–Crippen LogP) is 5.01. The third kappa shape index (κ3) is 7.14. The van der Waals surface area contributed by atoms with Crippen molar-refractivity contribution in [1.29, 1.82) is 0 Å². The summed E-state index contributed by atoms with van der Waals surface area (Å²) >= 11 is 0. The molecule has 3 aromatic carbocycles. The van der Waals surface area contributed by atoms with Crippen LogP contribution in [0, 0.1) is 0 Å². The number of carbonyl (C=O) groups excluding carboxylic acids is 2. The highest BCUT2D eigenvalue weighted by atomic mass is 32.2. The third-order valence-electron chi connectivity index (χ3n) is 6.96. The number of nitrogens with one attached hydrogen (secondary N) is 2. The molecule has 0 atom stereocenters. The molecule has 0 aliphatic carbocycles. The summed E-state index contributed by atoms with van der Waals surface area (Å²) in [6.07, 6.45) is -3.12. The first kappa shape index (κ1) is 30.5. The number of halogens is 3. The largest absolute Gasteiger partial charge is 0.416 e. The molecule has 1 aliphatic rings. The van der Waals surface area contributed by atoms with Crippen molar-refractivity contribution in [3.05, 3.63) is 96.2 Å². The van der Waals surface area contributed by atoms with Crippen molar-refractivity contribution in [1.82, 2.24) is 19.8 Å². The molecule has 0 unspecified atom stereocenters. The fourth-order valence-electron chi connectivity index (χ4n) is 4.57. The van der Waals surface area contributed by atoms with Crippen LogP contribution in [0.25, 0.3) is 11.3 Å². The highest BCUT2D eigenvalue weighted by Gasteiger charge is 2.31. The van der Waals surface area contributed by atoms with Gasteiger partial charge in [0.25, 0.3) is 15.9 Å². The zero-order chi connectivity index (χ0) is 31.5. The van der Waals surface area contributed by atoms with Gasteiger partial charge < -0.3 is 15.1 Å². The van der Waals surface area contributed by atoms with Crippen molar-refractivity contribution in [3.8, 4) is 11.3 Å². The Bertz CT molecular complexity index is 1770. The number of piperazine rings is 1. The molecule has 1 fully saturated rings. The van der Waals surface area contributed by atoms with Crippen molar-refractivity contribution < 1.29 is 31.2 Å². The van der Waals surface area contributed by atoms with Crippen LogP contribution in [0.2, 0.25) is 0 Å². The molecule has 10 nitrogen and oxygen atoms in total. The van der Waals surface area contributed by atoms with Gasteiger partial charge in [0.05, 0.1) is 16.2 Å². The molecule has 228 valence electrons. The van der Waals surface area contributed by atoms with Gasteiger partial charge in [-0.1, -0.05) is 18.2 Å². The number of sulfonamides is 1. The van der Waals surface area contributed by atoms with Gasteiger partial charge in [-0.25, -0.2) is 18.4 Å². The summed E-state index contributed by atoms with van der Waals surface area (Å²) < 4.78 is 66.7. The first-order valence-corrected chi connectivity index (χ1v) is 14.9. The Labute approximate surface area is 251 Å². The highest BCUT2D eigenvalue weighted by molar-refractivity contribution is 7.92. The summed E-state index contributed by atoms with van der Waals surface area (Å²) in [5.41, 5.74) is 1.45. The average molecular weight is 625 g/mol. The number of aromatic nitrogens is 2. The minimum Gasteiger partial charge on any atom is -0.339 e. The van der Waals surface area contributed by atoms with Gasteiger partial charge in [0, 0.05) is 61.8 Å². The predicted molar refractivity (Wildman–Crippen MR) is 158 cm³/mol. The Morgan fingerprint density at radius 3 is 2.11 bits per heavy atom. The Morgan fingerprint density at radius 2 is 1.48 bits per heavy atom. The molecule has 1 aromatic heterocycles. The number of carbonyl (C=O) groups is 2. The van der Waals surface area contributed by atoms with E-state index in [1.165, 1.54) is 19.1 Å². The van der Waals surface area contributed by atoms with Crippen molar-refractivity contribution in [3.63, 3.8) is 0 Å². The minimum absolute atomic E-state index is 0.00393. The zero-order valence-electron chi connectivity index (χ0n) is 23.4. The van der Waals surface area contributed by atoms with E-state index in [0.29, 0.717) is 54.8 Å². The lowest BCUT2D eigenvalue weighted by atomic mass is 10.1. The van der Waals surface area contributed by atoms with Crippen LogP contribution in [0.15, 0.2) is 90.0 Å². The summed E-state index contributed by atoms with van der Waals surface area (Å²) in [4.78, 5) is 36.1. The van der Waals surface area contributed by atoms with Crippen LogP contribution in [-0.2, 0) is 21.0 Å². The fraction of sp³-hybridized carbons (Fsp3) is 0.200. The number of benzene rings is 3. The lowest BCUT2D eigenvalue weighted by Crippen LogP contribution is -2.50. The normalized spacial score (nSPS) is 13.8. The molecule has 5 rings (SSSR count). The second-order valence-corrected chi connectivity index (χ2v) is 11.7. The first-order valence-electron chi connectivity index (χ1n) is 13.4. The molecule has 0 spiro atoms. The number of hydrogen-bond acceptors (Lipinski definition) is 7. The number of rotatable bonds is 7. The minimum atomic E-state index is -4.67. The number of alkyl halides is 3. The van der Waals surface area contributed by atoms with E-state index >= 15 is 0 Å². The van der Waals surface area contributed by atoms with E-state index in [1.54, 1.807) is 58.5 Å². The van der Waals surface area contributed by atoms with E-state index in [1.807, 2.05) is 0 Å². The van der Waals surface area contributed by atoms with Crippen molar-refractivity contribution in [2.24, 2.45) is 0 Å². The number of hydrogen-bond donors (Lipinski definition) is 2. The van der Waals surface area contributed by atoms with Crippen LogP contribution in [0.1, 0.15) is 22.8 Å². The second-order valence-electron chi connectivity index (χ2n) is 9.97. The molecule has 44 heavy (non-hydrogen) atoms. The van der Waals surface area contributed by atoms with Crippen LogP contribution in [0.3, 0.4) is 0 Å². The van der Waals surface area contributed by atoms with Gasteiger partial charge in [-0.05, 0) is 60.7 Å². The van der Waals surface area contributed by atoms with E-state index in [9.17, 15) is 31.2 Å². The second kappa shape index (κ2) is 12.3. The summed E-state index contributed by atoms with van der Waals surface area (Å²) in [6.45, 7) is 3.48. The maximum atomic E-state index is 13.0. The molecular formula is C30H27F3N6O4S. The number of amides is 2. The van der Waals surface area contributed by atoms with Gasteiger partial charge in [-0.2, -0.15) is 13.2 Å². The van der Waals surface area contributed by atoms with Gasteiger partial charge in [0.1, 0.15) is 0 Å². The molecule has 2 heterocycles. The van der Waals surface area contributed by atoms with Crippen LogP contribution in [0.4, 0.5) is 30.5 Å². The highest BCUT2D eigenvalue weighted by Crippen LogP contribution is 2.31. The third-order valence-corrected chi connectivity index (χ3v) is 8.34. The molecular weight excluding hydrogens is 597 g/mol. The monoisotopic (exact) mass is 624 g/mol. The number of nitrogens with zero attached hydrogens (tertiary/aromatic N) is 4. The molecule has 4 aromatic rings. The maximum absolute atomic E-state index is 13.0. The molecule has 1 saturated heterocycles. The van der Waals surface area contributed by atoms with E-state index in [4.69, 9.17) is 0 Å². The van der Waals surface area contributed by atoms with E-state index in [2.05, 4.69) is 20.0 Å². The smallest absolute Gasteiger partial charge is 0.339 e. The average Bonchev–Trinajstić information content (AvgIpc) is 3.01. The van der Waals surface area contributed by atoms with Crippen LogP contribution < -0.4 is 10.0 Å². The standard InChI is InChI=1S/C30H27F3N6O4S/c1-20(40)38-15-17-39(18-16-38)28(41)22-7-9-24(10-8-22)35-29-34-14-13-27(36-29)21-5-11-25(12-6-21)37-44(42,43)26-4-2-3-23(19-26)30(31,32)33/h2-14,19,37H,15-18H2,1H3,(H,34,35,36). The van der Waals surface area contributed by atoms with Crippen LogP contribution in [-0.4, -0.2) is 66.2 Å². The van der Waals surface area contributed by atoms with Crippen molar-refractivity contribution in [2.75, 3.05) is 36.2 Å². The molecule has 14 heteroatoms. The molecule has 0 saturated carbocycles. The number of anilines is 3. The van der Waals surface area contributed by atoms with E-state index in [-0.39, 0.29) is 23.5 Å². The lowest BCUT2D eigenvalue weighted by molar-refractivity contribution is -0.137. The Balaban J connectivity index is 1.22. The zero-order valence-corrected chi connectivity index (χ0v) is 24.2. The summed E-state index contributed by atoms with van der Waals surface area (Å²) in [5.74, 6) is 0.172. The van der Waals surface area contributed by atoms with Gasteiger partial charge in [0.2, 0.25) is 11.9 Å². The lowest BCUT2D eigenvalue weighted by Gasteiger charge is -2.34. The summed E-state index contributed by atoms with van der Waals surface area (Å²) in [5, 5.41) is 3.09. The topological polar surface area (TPSA) is 125 Å². The van der Waals surface area contributed by atoms with Gasteiger partial charge in [-0.15, -0.1) is 0 Å². The van der Waals surface area contributed by atoms with Crippen molar-refractivity contribution >= 4 is 39.2 Å². The van der Waals surface area contributed by atoms with Crippen LogP contribution >= 0.6 is 0 Å². The fourth-order valence-corrected chi connectivity index (χ4v) is 5.68. The van der Waals surface area contributed by atoms with Crippen molar-refractivity contribution in [2.45, 2.75) is 18.0 Å². The first-order chi connectivity index (χ1) is 20.9. The molecule has 0 radical (unpaired) electrons. The SMILES string of the molecule is CC(=O)N1CCN(C(=O)c2ccc(Nc3nccc(-c4ccc(NS(=O)(=O)c5cccc(C(F)(F)F)c5)cc4)n3)cc2)CC1. The molecule has 2 N–H and O–H groups in total. The quantitative estimate of drug-likeness (QED) is 0.296. The van der Waals surface area contributed by atoms with Gasteiger partial charge in [0.15, 0.2) is 0 Å². The van der Waals surface area contributed by atoms with E-state index < -0.39 is 26.7 Å². The van der Waals surface area contributed by atoms with Gasteiger partial charge >= 0.3 is 6.18 Å². The van der Waals surface area contributed by atoms with Gasteiger partial charge in [-0.3, -0.25) is 14.3 Å². The van der Waals surface area contributed by atoms with Crippen LogP contribution in [0.5, 0.6) is 0 Å². The van der Waals surface area contributed by atoms with E-state index in [0.717, 1.165) is 18.2 Å². The Morgan fingerprint density at radius 1 is 0.841 bits per heavy atom. The Kier molecular flexibility index (Phi) is 8.54. The summed E-state index contributed by atoms with van der Waals surface area (Å²) in [7, 11) is -4.26. The Hall–Kier alpha value is -4.98. The molecule has 0 bridgehead atoms. The summed E-state index contributed by atoms with van der Waals surface area (Å²) in [6, 6.07) is 18.2.